The minimum absolute atomic E-state index is 0.559. The van der Waals surface area contributed by atoms with Crippen molar-refractivity contribution in [3.63, 3.8) is 0 Å². The first-order chi connectivity index (χ1) is 9.10. The summed E-state index contributed by atoms with van der Waals surface area (Å²) in [6.07, 6.45) is 0. The molecule has 2 aromatic rings. The molecule has 2 aromatic carbocycles. The zero-order valence-corrected chi connectivity index (χ0v) is 13.3. The van der Waals surface area contributed by atoms with Gasteiger partial charge in [0.1, 0.15) is 0 Å². The summed E-state index contributed by atoms with van der Waals surface area (Å²) >= 11 is 19.6. The summed E-state index contributed by atoms with van der Waals surface area (Å²) in [4.78, 5) is 2.15. The number of hydrogen-bond donors (Lipinski definition) is 1. The highest BCUT2D eigenvalue weighted by atomic mass is 35.5. The third-order valence-corrected chi connectivity index (χ3v) is 4.58. The van der Waals surface area contributed by atoms with Gasteiger partial charge in [-0.1, -0.05) is 52.6 Å². The lowest BCUT2D eigenvalue weighted by Crippen LogP contribution is -2.05. The van der Waals surface area contributed by atoms with Gasteiger partial charge < -0.3 is 5.32 Å². The van der Waals surface area contributed by atoms with Crippen LogP contribution in [0.4, 0.5) is 0 Å². The molecule has 0 unspecified atom stereocenters. The zero-order valence-electron chi connectivity index (χ0n) is 10.2. The fraction of sp³-hybridized carbons (Fsp3) is 0.143. The summed E-state index contributed by atoms with van der Waals surface area (Å²) in [7, 11) is 1.92. The van der Waals surface area contributed by atoms with Gasteiger partial charge in [-0.15, -0.1) is 0 Å². The Morgan fingerprint density at radius 2 is 1.79 bits per heavy atom. The molecular formula is C14H12Cl3NS. The second-order valence-corrected chi connectivity index (χ2v) is 6.33. The van der Waals surface area contributed by atoms with E-state index >= 15 is 0 Å². The molecule has 100 valence electrons. The van der Waals surface area contributed by atoms with Crippen LogP contribution in [0.3, 0.4) is 0 Å². The van der Waals surface area contributed by atoms with Gasteiger partial charge in [0.2, 0.25) is 0 Å². The van der Waals surface area contributed by atoms with E-state index in [0.29, 0.717) is 10.0 Å². The van der Waals surface area contributed by atoms with Crippen molar-refractivity contribution in [1.29, 1.82) is 0 Å². The van der Waals surface area contributed by atoms with Crippen molar-refractivity contribution in [3.8, 4) is 0 Å². The van der Waals surface area contributed by atoms with Crippen LogP contribution < -0.4 is 5.32 Å². The van der Waals surface area contributed by atoms with Gasteiger partial charge in [0.25, 0.3) is 0 Å². The Balaban J connectivity index is 2.30. The van der Waals surface area contributed by atoms with Gasteiger partial charge in [0.05, 0.1) is 10.0 Å². The van der Waals surface area contributed by atoms with E-state index in [1.54, 1.807) is 17.8 Å². The fourth-order valence-electron chi connectivity index (χ4n) is 1.63. The van der Waals surface area contributed by atoms with Crippen LogP contribution in [0.15, 0.2) is 46.2 Å². The van der Waals surface area contributed by atoms with E-state index in [2.05, 4.69) is 5.32 Å². The van der Waals surface area contributed by atoms with Gasteiger partial charge in [-0.3, -0.25) is 0 Å². The molecule has 0 aliphatic carbocycles. The van der Waals surface area contributed by atoms with E-state index in [4.69, 9.17) is 34.8 Å². The normalized spacial score (nSPS) is 10.7. The lowest BCUT2D eigenvalue weighted by atomic mass is 10.2. The van der Waals surface area contributed by atoms with Crippen LogP contribution in [-0.2, 0) is 6.54 Å². The Hall–Kier alpha value is -0.380. The topological polar surface area (TPSA) is 12.0 Å². The lowest BCUT2D eigenvalue weighted by molar-refractivity contribution is 0.803. The second kappa shape index (κ2) is 6.87. The number of rotatable bonds is 4. The molecule has 0 aromatic heterocycles. The molecule has 19 heavy (non-hydrogen) atoms. The Labute approximate surface area is 132 Å². The Morgan fingerprint density at radius 1 is 1.00 bits per heavy atom. The lowest BCUT2D eigenvalue weighted by Gasteiger charge is -2.10. The van der Waals surface area contributed by atoms with Crippen LogP contribution in [-0.4, -0.2) is 7.05 Å². The van der Waals surface area contributed by atoms with Crippen molar-refractivity contribution >= 4 is 46.6 Å². The van der Waals surface area contributed by atoms with Crippen LogP contribution in [0.25, 0.3) is 0 Å². The zero-order chi connectivity index (χ0) is 13.8. The first kappa shape index (κ1) is 15.0. The molecule has 1 nitrogen and oxygen atoms in total. The molecule has 0 aliphatic heterocycles. The van der Waals surface area contributed by atoms with Crippen molar-refractivity contribution in [1.82, 2.24) is 5.32 Å². The van der Waals surface area contributed by atoms with Gasteiger partial charge in [-0.2, -0.15) is 0 Å². The SMILES string of the molecule is CNCc1ccc(Cl)cc1Sc1ccc(Cl)c(Cl)c1. The van der Waals surface area contributed by atoms with E-state index in [1.165, 1.54) is 5.56 Å². The molecular weight excluding hydrogens is 321 g/mol. The maximum atomic E-state index is 6.06. The first-order valence-electron chi connectivity index (χ1n) is 5.66. The fourth-order valence-corrected chi connectivity index (χ4v) is 3.25. The molecule has 2 rings (SSSR count). The van der Waals surface area contributed by atoms with Crippen molar-refractivity contribution in [2.45, 2.75) is 16.3 Å². The van der Waals surface area contributed by atoms with Crippen LogP contribution in [0.5, 0.6) is 0 Å². The standard InChI is InChI=1S/C14H12Cl3NS/c1-18-8-9-2-3-10(15)6-14(9)19-11-4-5-12(16)13(17)7-11/h2-7,18H,8H2,1H3. The molecule has 0 saturated carbocycles. The molecule has 0 radical (unpaired) electrons. The number of hydrogen-bond acceptors (Lipinski definition) is 2. The highest BCUT2D eigenvalue weighted by Gasteiger charge is 2.07. The smallest absolute Gasteiger partial charge is 0.0603 e. The average Bonchev–Trinajstić information content (AvgIpc) is 2.37. The van der Waals surface area contributed by atoms with Gasteiger partial charge in [0, 0.05) is 21.4 Å². The number of nitrogens with one attached hydrogen (secondary N) is 1. The highest BCUT2D eigenvalue weighted by molar-refractivity contribution is 7.99. The van der Waals surface area contributed by atoms with Gasteiger partial charge in [-0.05, 0) is 42.9 Å². The largest absolute Gasteiger partial charge is 0.316 e. The molecule has 5 heteroatoms. The maximum Gasteiger partial charge on any atom is 0.0603 e. The Bertz CT molecular complexity index is 587. The van der Waals surface area contributed by atoms with E-state index in [9.17, 15) is 0 Å². The molecule has 0 atom stereocenters. The van der Waals surface area contributed by atoms with Crippen LogP contribution in [0.2, 0.25) is 15.1 Å². The van der Waals surface area contributed by atoms with E-state index < -0.39 is 0 Å². The minimum Gasteiger partial charge on any atom is -0.316 e. The van der Waals surface area contributed by atoms with Crippen molar-refractivity contribution in [2.24, 2.45) is 0 Å². The molecule has 0 spiro atoms. The van der Waals surface area contributed by atoms with Crippen LogP contribution in [0.1, 0.15) is 5.56 Å². The van der Waals surface area contributed by atoms with Gasteiger partial charge in [-0.25, -0.2) is 0 Å². The minimum atomic E-state index is 0.559. The summed E-state index contributed by atoms with van der Waals surface area (Å²) in [6, 6.07) is 11.5. The molecule has 0 amide bonds. The third kappa shape index (κ3) is 4.04. The molecule has 0 bridgehead atoms. The summed E-state index contributed by atoms with van der Waals surface area (Å²) < 4.78 is 0. The quantitative estimate of drug-likeness (QED) is 0.791. The predicted molar refractivity (Wildman–Crippen MR) is 84.8 cm³/mol. The number of halogens is 3. The predicted octanol–water partition coefficient (Wildman–Crippen LogP) is 5.52. The molecule has 1 N–H and O–H groups in total. The van der Waals surface area contributed by atoms with Crippen LogP contribution in [0, 0.1) is 0 Å². The first-order valence-corrected chi connectivity index (χ1v) is 7.61. The summed E-state index contributed by atoms with van der Waals surface area (Å²) in [5.41, 5.74) is 1.20. The highest BCUT2D eigenvalue weighted by Crippen LogP contribution is 2.35. The van der Waals surface area contributed by atoms with Crippen LogP contribution >= 0.6 is 46.6 Å². The summed E-state index contributed by atoms with van der Waals surface area (Å²) in [5.74, 6) is 0. The third-order valence-electron chi connectivity index (χ3n) is 2.52. The van der Waals surface area contributed by atoms with E-state index in [1.807, 2.05) is 37.4 Å². The van der Waals surface area contributed by atoms with Gasteiger partial charge >= 0.3 is 0 Å². The van der Waals surface area contributed by atoms with Crippen molar-refractivity contribution in [3.05, 3.63) is 57.0 Å². The average molecular weight is 333 g/mol. The van der Waals surface area contributed by atoms with Gasteiger partial charge in [0.15, 0.2) is 0 Å². The molecule has 0 fully saturated rings. The Kier molecular flexibility index (Phi) is 5.43. The maximum absolute atomic E-state index is 6.06. The van der Waals surface area contributed by atoms with E-state index in [0.717, 1.165) is 21.4 Å². The molecule has 0 aliphatic rings. The van der Waals surface area contributed by atoms with Crippen molar-refractivity contribution < 1.29 is 0 Å². The molecule has 0 saturated heterocycles. The monoisotopic (exact) mass is 331 g/mol. The second-order valence-electron chi connectivity index (χ2n) is 3.96. The number of benzene rings is 2. The summed E-state index contributed by atoms with van der Waals surface area (Å²) in [6.45, 7) is 0.792. The summed E-state index contributed by atoms with van der Waals surface area (Å²) in [5, 5.41) is 4.99. The van der Waals surface area contributed by atoms with E-state index in [-0.39, 0.29) is 0 Å². The van der Waals surface area contributed by atoms with Crippen molar-refractivity contribution in [2.75, 3.05) is 7.05 Å². The Morgan fingerprint density at radius 3 is 2.47 bits per heavy atom. The molecule has 0 heterocycles.